The highest BCUT2D eigenvalue weighted by molar-refractivity contribution is 5.95. The van der Waals surface area contributed by atoms with Crippen LogP contribution < -0.4 is 16.4 Å². The molecule has 3 rings (SSSR count). The van der Waals surface area contributed by atoms with Gasteiger partial charge in [0.2, 0.25) is 17.7 Å². The predicted octanol–water partition coefficient (Wildman–Crippen LogP) is 2.82. The zero-order valence-corrected chi connectivity index (χ0v) is 21.7. The molecule has 8 nitrogen and oxygen atoms in total. The maximum absolute atomic E-state index is 13.4. The molecule has 3 amide bonds. The van der Waals surface area contributed by atoms with Crippen molar-refractivity contribution in [3.05, 3.63) is 0 Å². The summed E-state index contributed by atoms with van der Waals surface area (Å²) in [6.45, 7) is 4.15. The highest BCUT2D eigenvalue weighted by Crippen LogP contribution is 2.31. The lowest BCUT2D eigenvalue weighted by Gasteiger charge is -2.34. The molecule has 0 aromatic heterocycles. The Bertz CT molecular complexity index is 749. The van der Waals surface area contributed by atoms with Crippen LogP contribution in [-0.2, 0) is 19.2 Å². The number of fused-ring (bicyclic) bond motifs is 1. The van der Waals surface area contributed by atoms with Crippen molar-refractivity contribution in [3.63, 3.8) is 0 Å². The van der Waals surface area contributed by atoms with E-state index in [1.165, 1.54) is 6.42 Å². The minimum absolute atomic E-state index is 0.0511. The second-order valence-corrected chi connectivity index (χ2v) is 11.1. The first-order valence-corrected chi connectivity index (χ1v) is 14.0. The van der Waals surface area contributed by atoms with Crippen LogP contribution in [0, 0.1) is 11.8 Å². The summed E-state index contributed by atoms with van der Waals surface area (Å²) >= 11 is 0. The van der Waals surface area contributed by atoms with Crippen LogP contribution in [0.15, 0.2) is 0 Å². The average molecular weight is 491 g/mol. The molecule has 3 aliphatic rings. The number of hydrogen-bond donors (Lipinski definition) is 3. The first-order valence-electron chi connectivity index (χ1n) is 14.0. The summed E-state index contributed by atoms with van der Waals surface area (Å²) in [5, 5.41) is 5.98. The van der Waals surface area contributed by atoms with Gasteiger partial charge in [0, 0.05) is 18.4 Å². The molecule has 4 N–H and O–H groups in total. The summed E-state index contributed by atoms with van der Waals surface area (Å²) < 4.78 is 0. The van der Waals surface area contributed by atoms with E-state index in [0.717, 1.165) is 57.8 Å². The van der Waals surface area contributed by atoms with E-state index in [4.69, 9.17) is 5.73 Å². The third-order valence-corrected chi connectivity index (χ3v) is 8.15. The largest absolute Gasteiger partial charge is 0.344 e. The minimum atomic E-state index is -0.763. The van der Waals surface area contributed by atoms with Gasteiger partial charge in [-0.1, -0.05) is 46.0 Å². The van der Waals surface area contributed by atoms with Gasteiger partial charge in [0.15, 0.2) is 5.78 Å². The van der Waals surface area contributed by atoms with E-state index in [9.17, 15) is 19.2 Å². The summed E-state index contributed by atoms with van der Waals surface area (Å²) in [5.41, 5.74) is 5.72. The van der Waals surface area contributed by atoms with Crippen molar-refractivity contribution in [1.82, 2.24) is 15.5 Å². The molecule has 4 atom stereocenters. The van der Waals surface area contributed by atoms with Crippen LogP contribution in [0.4, 0.5) is 0 Å². The number of nitrogens with two attached hydrogens (primary N) is 1. The summed E-state index contributed by atoms with van der Waals surface area (Å²) in [6, 6.07) is -1.69. The number of nitrogens with zero attached hydrogens (tertiary/aromatic N) is 1. The molecule has 0 bridgehead atoms. The normalized spacial score (nSPS) is 25.4. The summed E-state index contributed by atoms with van der Waals surface area (Å²) in [4.78, 5) is 54.4. The molecule has 8 heteroatoms. The van der Waals surface area contributed by atoms with Crippen molar-refractivity contribution in [2.45, 2.75) is 128 Å². The molecule has 2 heterocycles. The Morgan fingerprint density at radius 2 is 1.63 bits per heavy atom. The van der Waals surface area contributed by atoms with E-state index in [1.54, 1.807) is 4.90 Å². The summed E-state index contributed by atoms with van der Waals surface area (Å²) in [6.07, 6.45) is 12.1. The SMILES string of the molecule is CC(C)C(=O)[C@@H](NC(=O)[C@H](CCCN)NC(=O)[C@@H]1CC[C@@H]2CCCCCC(=O)N21)C1CCCCC1. The molecular formula is C27H46N4O4. The van der Waals surface area contributed by atoms with Crippen LogP contribution in [0.25, 0.3) is 0 Å². The molecule has 0 radical (unpaired) electrons. The minimum Gasteiger partial charge on any atom is -0.344 e. The van der Waals surface area contributed by atoms with Crippen molar-refractivity contribution >= 4 is 23.5 Å². The Balaban J connectivity index is 1.71. The van der Waals surface area contributed by atoms with Gasteiger partial charge in [-0.15, -0.1) is 0 Å². The van der Waals surface area contributed by atoms with E-state index < -0.39 is 18.1 Å². The number of hydrogen-bond acceptors (Lipinski definition) is 5. The van der Waals surface area contributed by atoms with Gasteiger partial charge >= 0.3 is 0 Å². The predicted molar refractivity (Wildman–Crippen MR) is 135 cm³/mol. The maximum atomic E-state index is 13.4. The van der Waals surface area contributed by atoms with Crippen LogP contribution in [0.5, 0.6) is 0 Å². The van der Waals surface area contributed by atoms with Crippen LogP contribution in [0.1, 0.15) is 104 Å². The molecule has 1 saturated carbocycles. The van der Waals surface area contributed by atoms with Gasteiger partial charge in [-0.3, -0.25) is 19.2 Å². The Hall–Kier alpha value is -1.96. The number of Topliss-reactive ketones (excluding diaryl/α,β-unsaturated/α-hetero) is 1. The maximum Gasteiger partial charge on any atom is 0.243 e. The highest BCUT2D eigenvalue weighted by Gasteiger charge is 2.42. The zero-order chi connectivity index (χ0) is 25.4. The van der Waals surface area contributed by atoms with Gasteiger partial charge in [-0.25, -0.2) is 0 Å². The molecule has 0 unspecified atom stereocenters. The first-order chi connectivity index (χ1) is 16.8. The van der Waals surface area contributed by atoms with Crippen molar-refractivity contribution in [1.29, 1.82) is 0 Å². The lowest BCUT2D eigenvalue weighted by molar-refractivity contribution is -0.142. The van der Waals surface area contributed by atoms with Gasteiger partial charge in [-0.2, -0.15) is 0 Å². The summed E-state index contributed by atoms with van der Waals surface area (Å²) in [5.74, 6) is -0.502. The third-order valence-electron chi connectivity index (χ3n) is 8.15. The molecular weight excluding hydrogens is 444 g/mol. The first kappa shape index (κ1) is 27.6. The lowest BCUT2D eigenvalue weighted by atomic mass is 9.80. The molecule has 1 aliphatic carbocycles. The van der Waals surface area contributed by atoms with E-state index in [0.29, 0.717) is 32.2 Å². The Morgan fingerprint density at radius 3 is 2.31 bits per heavy atom. The van der Waals surface area contributed by atoms with Crippen LogP contribution >= 0.6 is 0 Å². The van der Waals surface area contributed by atoms with Crippen molar-refractivity contribution in [2.24, 2.45) is 17.6 Å². The van der Waals surface area contributed by atoms with E-state index in [2.05, 4.69) is 10.6 Å². The van der Waals surface area contributed by atoms with Gasteiger partial charge < -0.3 is 21.3 Å². The fourth-order valence-corrected chi connectivity index (χ4v) is 6.12. The van der Waals surface area contributed by atoms with Crippen LogP contribution in [-0.4, -0.2) is 59.1 Å². The van der Waals surface area contributed by atoms with Gasteiger partial charge in [0.1, 0.15) is 12.1 Å². The Morgan fingerprint density at radius 1 is 0.943 bits per heavy atom. The monoisotopic (exact) mass is 490 g/mol. The molecule has 0 spiro atoms. The van der Waals surface area contributed by atoms with Crippen molar-refractivity contribution < 1.29 is 19.2 Å². The van der Waals surface area contributed by atoms with E-state index in [-0.39, 0.29) is 41.4 Å². The molecule has 198 valence electrons. The van der Waals surface area contributed by atoms with Gasteiger partial charge in [0.05, 0.1) is 6.04 Å². The summed E-state index contributed by atoms with van der Waals surface area (Å²) in [7, 11) is 0. The highest BCUT2D eigenvalue weighted by atomic mass is 16.2. The fourth-order valence-electron chi connectivity index (χ4n) is 6.12. The smallest absolute Gasteiger partial charge is 0.243 e. The quantitative estimate of drug-likeness (QED) is 0.435. The molecule has 0 aromatic carbocycles. The van der Waals surface area contributed by atoms with E-state index >= 15 is 0 Å². The number of rotatable bonds is 10. The van der Waals surface area contributed by atoms with Crippen molar-refractivity contribution in [3.8, 4) is 0 Å². The third kappa shape index (κ3) is 7.28. The molecule has 35 heavy (non-hydrogen) atoms. The average Bonchev–Trinajstić information content (AvgIpc) is 3.26. The number of amides is 3. The number of carbonyl (C=O) groups is 4. The Kier molecular flexibility index (Phi) is 10.6. The second-order valence-electron chi connectivity index (χ2n) is 11.1. The number of nitrogens with one attached hydrogen (secondary N) is 2. The zero-order valence-electron chi connectivity index (χ0n) is 21.7. The standard InChI is InChI=1S/C27H46N4O4/c1-18(2)25(33)24(19-10-5-3-6-11-19)30-26(34)21(13-9-17-28)29-27(35)22-16-15-20-12-7-4-8-14-23(32)31(20)22/h18-22,24H,3-17,28H2,1-2H3,(H,29,35)(H,30,34)/t20-,21-,22-,24-/m0/s1. The van der Waals surface area contributed by atoms with Gasteiger partial charge in [-0.05, 0) is 63.8 Å². The fraction of sp³-hybridized carbons (Fsp3) is 0.852. The van der Waals surface area contributed by atoms with Crippen LogP contribution in [0.2, 0.25) is 0 Å². The molecule has 2 saturated heterocycles. The van der Waals surface area contributed by atoms with Gasteiger partial charge in [0.25, 0.3) is 0 Å². The molecule has 0 aromatic rings. The van der Waals surface area contributed by atoms with E-state index in [1.807, 2.05) is 13.8 Å². The topological polar surface area (TPSA) is 122 Å². The molecule has 3 fully saturated rings. The number of ketones is 1. The van der Waals surface area contributed by atoms with Crippen LogP contribution in [0.3, 0.4) is 0 Å². The Labute approximate surface area is 210 Å². The van der Waals surface area contributed by atoms with Crippen molar-refractivity contribution in [2.75, 3.05) is 6.54 Å². The lowest BCUT2D eigenvalue weighted by Crippen LogP contribution is -2.57. The second kappa shape index (κ2) is 13.4. The number of carbonyl (C=O) groups excluding carboxylic acids is 4. The molecule has 2 aliphatic heterocycles.